The molecule has 2 heteroatoms. The van der Waals surface area contributed by atoms with Crippen LogP contribution in [0.2, 0.25) is 0 Å². The van der Waals surface area contributed by atoms with Crippen molar-refractivity contribution < 1.29 is 0 Å². The fourth-order valence-electron chi connectivity index (χ4n) is 5.69. The Labute approximate surface area is 186 Å². The van der Waals surface area contributed by atoms with Crippen LogP contribution >= 0.6 is 0 Å². The standard InChI is InChI=1S/C29H32N2/c1-19-10-8-11-20(2)28(19)31-27(22(4)30-29(31)25-12-6-5-7-13-25)18-26-21(3)23-14-9-15-24(26)17-16-23/h5-8,10-13,18,23-24H,3,9,14-17H2,1-2,4H3. The van der Waals surface area contributed by atoms with Crippen molar-refractivity contribution in [2.24, 2.45) is 11.8 Å². The van der Waals surface area contributed by atoms with E-state index in [1.54, 1.807) is 0 Å². The Bertz CT molecular complexity index is 1140. The van der Waals surface area contributed by atoms with Crippen molar-refractivity contribution >= 4 is 6.08 Å². The Balaban J connectivity index is 1.77. The highest BCUT2D eigenvalue weighted by atomic mass is 15.1. The number of para-hydroxylation sites is 1. The van der Waals surface area contributed by atoms with Gasteiger partial charge in [0.05, 0.1) is 17.1 Å². The Kier molecular flexibility index (Phi) is 5.17. The third-order valence-electron chi connectivity index (χ3n) is 7.36. The highest BCUT2D eigenvalue weighted by Gasteiger charge is 2.32. The third-order valence-corrected chi connectivity index (χ3v) is 7.36. The molecule has 2 atom stereocenters. The van der Waals surface area contributed by atoms with Crippen LogP contribution in [0.1, 0.15) is 54.6 Å². The third kappa shape index (κ3) is 3.48. The van der Waals surface area contributed by atoms with Gasteiger partial charge in [-0.15, -0.1) is 0 Å². The van der Waals surface area contributed by atoms with Crippen LogP contribution in [0, 0.1) is 32.6 Å². The van der Waals surface area contributed by atoms with Crippen LogP contribution < -0.4 is 0 Å². The van der Waals surface area contributed by atoms with Gasteiger partial charge >= 0.3 is 0 Å². The number of rotatable bonds is 3. The normalized spacial score (nSPS) is 22.2. The summed E-state index contributed by atoms with van der Waals surface area (Å²) in [5, 5.41) is 0. The molecule has 2 bridgehead atoms. The molecule has 31 heavy (non-hydrogen) atoms. The molecule has 0 saturated heterocycles. The van der Waals surface area contributed by atoms with Crippen LogP contribution in [0.3, 0.4) is 0 Å². The van der Waals surface area contributed by atoms with E-state index in [4.69, 9.17) is 4.98 Å². The highest BCUT2D eigenvalue weighted by molar-refractivity contribution is 5.70. The Morgan fingerprint density at radius 2 is 1.55 bits per heavy atom. The molecule has 1 aromatic heterocycles. The van der Waals surface area contributed by atoms with E-state index in [1.807, 2.05) is 0 Å². The SMILES string of the molecule is C=C1C(=Cc2c(C)nc(-c3ccccc3)n2-c2c(C)cccc2C)C2CCCC1CC2. The lowest BCUT2D eigenvalue weighted by atomic mass is 9.76. The minimum Gasteiger partial charge on any atom is -0.292 e. The molecule has 0 N–H and O–H groups in total. The summed E-state index contributed by atoms with van der Waals surface area (Å²) >= 11 is 0. The average molecular weight is 409 g/mol. The second-order valence-electron chi connectivity index (χ2n) is 9.37. The van der Waals surface area contributed by atoms with E-state index < -0.39 is 0 Å². The molecule has 3 saturated carbocycles. The molecular formula is C29H32N2. The molecular weight excluding hydrogens is 376 g/mol. The van der Waals surface area contributed by atoms with Crippen molar-refractivity contribution in [3.05, 3.63) is 88.8 Å². The molecule has 1 heterocycles. The molecule has 3 fully saturated rings. The van der Waals surface area contributed by atoms with Gasteiger partial charge in [-0.05, 0) is 86.6 Å². The fourth-order valence-corrected chi connectivity index (χ4v) is 5.69. The maximum Gasteiger partial charge on any atom is 0.145 e. The molecule has 0 aliphatic heterocycles. The van der Waals surface area contributed by atoms with Gasteiger partial charge in [0.1, 0.15) is 5.82 Å². The van der Waals surface area contributed by atoms with Gasteiger partial charge in [-0.2, -0.15) is 0 Å². The zero-order valence-electron chi connectivity index (χ0n) is 19.0. The molecule has 158 valence electrons. The summed E-state index contributed by atoms with van der Waals surface area (Å²) in [5.74, 6) is 2.33. The molecule has 3 aliphatic carbocycles. The predicted octanol–water partition coefficient (Wildman–Crippen LogP) is 7.61. The van der Waals surface area contributed by atoms with E-state index in [-0.39, 0.29) is 0 Å². The van der Waals surface area contributed by atoms with Crippen LogP contribution in [0.15, 0.2) is 66.3 Å². The number of imidazole rings is 1. The second-order valence-corrected chi connectivity index (χ2v) is 9.37. The predicted molar refractivity (Wildman–Crippen MR) is 130 cm³/mol. The number of hydrogen-bond acceptors (Lipinski definition) is 1. The highest BCUT2D eigenvalue weighted by Crippen LogP contribution is 2.46. The zero-order chi connectivity index (χ0) is 21.5. The maximum absolute atomic E-state index is 5.10. The van der Waals surface area contributed by atoms with Crippen molar-refractivity contribution in [2.75, 3.05) is 0 Å². The molecule has 0 amide bonds. The van der Waals surface area contributed by atoms with Crippen molar-refractivity contribution in [1.82, 2.24) is 9.55 Å². The fraction of sp³-hybridized carbons (Fsp3) is 0.345. The van der Waals surface area contributed by atoms with E-state index in [1.165, 1.54) is 65.8 Å². The smallest absolute Gasteiger partial charge is 0.145 e. The molecule has 2 nitrogen and oxygen atoms in total. The number of benzene rings is 2. The van der Waals surface area contributed by atoms with Crippen LogP contribution in [-0.4, -0.2) is 9.55 Å². The molecule has 3 aromatic rings. The van der Waals surface area contributed by atoms with Gasteiger partial charge in [0, 0.05) is 5.56 Å². The summed E-state index contributed by atoms with van der Waals surface area (Å²) in [4.78, 5) is 5.10. The number of aryl methyl sites for hydroxylation is 3. The van der Waals surface area contributed by atoms with Gasteiger partial charge < -0.3 is 0 Å². The average Bonchev–Trinajstić information content (AvgIpc) is 2.91. The minimum atomic E-state index is 0.646. The lowest BCUT2D eigenvalue weighted by Crippen LogP contribution is -2.16. The van der Waals surface area contributed by atoms with Crippen molar-refractivity contribution in [3.63, 3.8) is 0 Å². The van der Waals surface area contributed by atoms with Crippen molar-refractivity contribution in [3.8, 4) is 17.1 Å². The van der Waals surface area contributed by atoms with E-state index in [9.17, 15) is 0 Å². The van der Waals surface area contributed by atoms with Crippen LogP contribution in [0.5, 0.6) is 0 Å². The quantitative estimate of drug-likeness (QED) is 0.436. The molecule has 2 aromatic carbocycles. The minimum absolute atomic E-state index is 0.646. The Morgan fingerprint density at radius 1 is 0.871 bits per heavy atom. The number of nitrogens with zero attached hydrogens (tertiary/aromatic N) is 2. The number of aromatic nitrogens is 2. The van der Waals surface area contributed by atoms with E-state index >= 15 is 0 Å². The van der Waals surface area contributed by atoms with Gasteiger partial charge in [-0.3, -0.25) is 4.57 Å². The van der Waals surface area contributed by atoms with Crippen molar-refractivity contribution in [2.45, 2.75) is 52.9 Å². The summed E-state index contributed by atoms with van der Waals surface area (Å²) in [5.41, 5.74) is 10.1. The van der Waals surface area contributed by atoms with Crippen LogP contribution in [0.25, 0.3) is 23.2 Å². The van der Waals surface area contributed by atoms with E-state index in [2.05, 4.69) is 86.5 Å². The number of allylic oxidation sites excluding steroid dienone is 2. The van der Waals surface area contributed by atoms with Crippen LogP contribution in [-0.2, 0) is 0 Å². The first-order valence-corrected chi connectivity index (χ1v) is 11.7. The first-order valence-electron chi connectivity index (χ1n) is 11.7. The van der Waals surface area contributed by atoms with Gasteiger partial charge in [0.15, 0.2) is 0 Å². The monoisotopic (exact) mass is 408 g/mol. The Hall–Kier alpha value is -2.87. The van der Waals surface area contributed by atoms with Crippen LogP contribution in [0.4, 0.5) is 0 Å². The number of fused-ring (bicyclic) bond motifs is 4. The largest absolute Gasteiger partial charge is 0.292 e. The van der Waals surface area contributed by atoms with Gasteiger partial charge in [0.25, 0.3) is 0 Å². The lowest BCUT2D eigenvalue weighted by molar-refractivity contribution is 0.460. The van der Waals surface area contributed by atoms with Gasteiger partial charge in [-0.25, -0.2) is 4.98 Å². The summed E-state index contributed by atoms with van der Waals surface area (Å²) in [6.07, 6.45) is 8.98. The first kappa shape index (κ1) is 20.1. The van der Waals surface area contributed by atoms with Crippen molar-refractivity contribution in [1.29, 1.82) is 0 Å². The second kappa shape index (κ2) is 8.00. The van der Waals surface area contributed by atoms with E-state index in [0.29, 0.717) is 11.8 Å². The molecule has 0 radical (unpaired) electrons. The lowest BCUT2D eigenvalue weighted by Gasteiger charge is -2.29. The molecule has 0 spiro atoms. The maximum atomic E-state index is 5.10. The van der Waals surface area contributed by atoms with Gasteiger partial charge in [-0.1, -0.05) is 61.5 Å². The molecule has 6 rings (SSSR count). The Morgan fingerprint density at radius 3 is 2.29 bits per heavy atom. The number of hydrogen-bond donors (Lipinski definition) is 0. The molecule has 3 aliphatic rings. The molecule has 2 unspecified atom stereocenters. The van der Waals surface area contributed by atoms with Gasteiger partial charge in [0.2, 0.25) is 0 Å². The van der Waals surface area contributed by atoms with E-state index in [0.717, 1.165) is 17.1 Å². The summed E-state index contributed by atoms with van der Waals surface area (Å²) in [7, 11) is 0. The first-order chi connectivity index (χ1) is 15.0. The summed E-state index contributed by atoms with van der Waals surface area (Å²) in [6, 6.07) is 17.1. The summed E-state index contributed by atoms with van der Waals surface area (Å²) in [6.45, 7) is 11.1. The zero-order valence-corrected chi connectivity index (χ0v) is 19.0. The topological polar surface area (TPSA) is 17.8 Å². The summed E-state index contributed by atoms with van der Waals surface area (Å²) < 4.78 is 2.40.